The third-order valence-corrected chi connectivity index (χ3v) is 5.65. The number of nitrogens with zero attached hydrogens (tertiary/aromatic N) is 1. The van der Waals surface area contributed by atoms with Crippen LogP contribution in [0.5, 0.6) is 0 Å². The van der Waals surface area contributed by atoms with Gasteiger partial charge in [-0.15, -0.1) is 0 Å². The summed E-state index contributed by atoms with van der Waals surface area (Å²) in [5.74, 6) is 0.704. The van der Waals surface area contributed by atoms with E-state index in [-0.39, 0.29) is 23.7 Å². The molecule has 0 atom stereocenters. The van der Waals surface area contributed by atoms with Crippen LogP contribution in [0.3, 0.4) is 0 Å². The second kappa shape index (κ2) is 9.85. The maximum absolute atomic E-state index is 12.4. The first-order chi connectivity index (χ1) is 11.7. The minimum atomic E-state index is 0.103. The SMILES string of the molecule is CCN(CC)C(=O)C1CCC(C(=O)NCCC2=CCCCC2)CC1. The number of carbonyl (C=O) groups is 2. The molecule has 0 unspecified atom stereocenters. The molecule has 4 heteroatoms. The molecule has 0 aromatic carbocycles. The molecule has 4 nitrogen and oxygen atoms in total. The lowest BCUT2D eigenvalue weighted by Gasteiger charge is -2.30. The first-order valence-corrected chi connectivity index (χ1v) is 9.90. The topological polar surface area (TPSA) is 49.4 Å². The Morgan fingerprint density at radius 1 is 1.08 bits per heavy atom. The van der Waals surface area contributed by atoms with Crippen LogP contribution in [0.15, 0.2) is 11.6 Å². The van der Waals surface area contributed by atoms with E-state index in [1.807, 2.05) is 18.7 Å². The largest absolute Gasteiger partial charge is 0.356 e. The summed E-state index contributed by atoms with van der Waals surface area (Å²) in [7, 11) is 0. The molecule has 0 bridgehead atoms. The van der Waals surface area contributed by atoms with Crippen LogP contribution < -0.4 is 5.32 Å². The number of allylic oxidation sites excluding steroid dienone is 1. The van der Waals surface area contributed by atoms with E-state index < -0.39 is 0 Å². The minimum Gasteiger partial charge on any atom is -0.356 e. The standard InChI is InChI=1S/C20H34N2O2/c1-3-22(4-2)20(24)18-12-10-17(11-13-18)19(23)21-15-14-16-8-6-5-7-9-16/h8,17-18H,3-7,9-15H2,1-2H3,(H,21,23). The molecule has 0 aliphatic heterocycles. The molecule has 1 N–H and O–H groups in total. The molecule has 1 fully saturated rings. The van der Waals surface area contributed by atoms with Gasteiger partial charge in [-0.3, -0.25) is 9.59 Å². The molecule has 0 spiro atoms. The number of nitrogens with one attached hydrogen (secondary N) is 1. The van der Waals surface area contributed by atoms with Crippen molar-refractivity contribution in [1.29, 1.82) is 0 Å². The predicted molar refractivity (Wildman–Crippen MR) is 97.6 cm³/mol. The summed E-state index contributed by atoms with van der Waals surface area (Å²) >= 11 is 0. The van der Waals surface area contributed by atoms with E-state index in [0.717, 1.165) is 51.7 Å². The minimum absolute atomic E-state index is 0.103. The molecule has 2 amide bonds. The van der Waals surface area contributed by atoms with Gasteiger partial charge >= 0.3 is 0 Å². The molecule has 0 aromatic rings. The molecule has 2 rings (SSSR count). The zero-order valence-corrected chi connectivity index (χ0v) is 15.5. The van der Waals surface area contributed by atoms with E-state index in [2.05, 4.69) is 11.4 Å². The lowest BCUT2D eigenvalue weighted by Crippen LogP contribution is -2.40. The maximum Gasteiger partial charge on any atom is 0.225 e. The molecule has 0 radical (unpaired) electrons. The Balaban J connectivity index is 1.68. The summed E-state index contributed by atoms with van der Waals surface area (Å²) in [6.45, 7) is 6.39. The van der Waals surface area contributed by atoms with Gasteiger partial charge in [-0.2, -0.15) is 0 Å². The van der Waals surface area contributed by atoms with E-state index in [9.17, 15) is 9.59 Å². The van der Waals surface area contributed by atoms with Gasteiger partial charge < -0.3 is 10.2 Å². The van der Waals surface area contributed by atoms with Crippen LogP contribution in [0.1, 0.15) is 71.6 Å². The van der Waals surface area contributed by atoms with Gasteiger partial charge in [0.1, 0.15) is 0 Å². The van der Waals surface area contributed by atoms with Crippen molar-refractivity contribution < 1.29 is 9.59 Å². The fraction of sp³-hybridized carbons (Fsp3) is 0.800. The second-order valence-corrected chi connectivity index (χ2v) is 7.21. The lowest BCUT2D eigenvalue weighted by atomic mass is 9.81. The van der Waals surface area contributed by atoms with Gasteiger partial charge in [0.25, 0.3) is 0 Å². The average molecular weight is 335 g/mol. The Labute approximate surface area is 147 Å². The van der Waals surface area contributed by atoms with E-state index in [0.29, 0.717) is 0 Å². The number of hydrogen-bond donors (Lipinski definition) is 1. The number of rotatable bonds is 7. The maximum atomic E-state index is 12.4. The lowest BCUT2D eigenvalue weighted by molar-refractivity contribution is -0.138. The van der Waals surface area contributed by atoms with Gasteiger partial charge in [-0.1, -0.05) is 11.6 Å². The third kappa shape index (κ3) is 5.35. The summed E-state index contributed by atoms with van der Waals surface area (Å²) in [5, 5.41) is 3.11. The van der Waals surface area contributed by atoms with Crippen LogP contribution in [0.4, 0.5) is 0 Å². The average Bonchev–Trinajstić information content (AvgIpc) is 2.63. The number of hydrogen-bond acceptors (Lipinski definition) is 2. The molecule has 136 valence electrons. The van der Waals surface area contributed by atoms with Crippen LogP contribution in [-0.2, 0) is 9.59 Å². The second-order valence-electron chi connectivity index (χ2n) is 7.21. The van der Waals surface area contributed by atoms with Gasteiger partial charge in [0, 0.05) is 31.5 Å². The highest BCUT2D eigenvalue weighted by molar-refractivity contribution is 5.81. The fourth-order valence-corrected chi connectivity index (χ4v) is 4.02. The smallest absolute Gasteiger partial charge is 0.225 e. The van der Waals surface area contributed by atoms with Crippen molar-refractivity contribution in [3.8, 4) is 0 Å². The zero-order chi connectivity index (χ0) is 17.4. The van der Waals surface area contributed by atoms with Crippen LogP contribution in [0.25, 0.3) is 0 Å². The van der Waals surface area contributed by atoms with E-state index in [1.54, 1.807) is 0 Å². The van der Waals surface area contributed by atoms with Crippen molar-refractivity contribution in [2.75, 3.05) is 19.6 Å². The molecule has 0 aromatic heterocycles. The van der Waals surface area contributed by atoms with Gasteiger partial charge in [0.05, 0.1) is 0 Å². The predicted octanol–water partition coefficient (Wildman–Crippen LogP) is 3.67. The van der Waals surface area contributed by atoms with Crippen molar-refractivity contribution in [2.45, 2.75) is 71.6 Å². The van der Waals surface area contributed by atoms with Gasteiger partial charge in [0.2, 0.25) is 11.8 Å². The van der Waals surface area contributed by atoms with Crippen molar-refractivity contribution in [3.63, 3.8) is 0 Å². The van der Waals surface area contributed by atoms with Crippen molar-refractivity contribution in [3.05, 3.63) is 11.6 Å². The van der Waals surface area contributed by atoms with E-state index in [4.69, 9.17) is 0 Å². The molecule has 0 heterocycles. The Bertz CT molecular complexity index is 447. The first kappa shape index (κ1) is 19.0. The van der Waals surface area contributed by atoms with Crippen molar-refractivity contribution >= 4 is 11.8 Å². The van der Waals surface area contributed by atoms with E-state index in [1.165, 1.54) is 31.3 Å². The fourth-order valence-electron chi connectivity index (χ4n) is 4.02. The summed E-state index contributed by atoms with van der Waals surface area (Å²) < 4.78 is 0. The van der Waals surface area contributed by atoms with Crippen molar-refractivity contribution in [1.82, 2.24) is 10.2 Å². The first-order valence-electron chi connectivity index (χ1n) is 9.90. The number of amides is 2. The van der Waals surface area contributed by atoms with Gasteiger partial charge in [-0.05, 0) is 71.6 Å². The molecule has 0 saturated heterocycles. The molecular weight excluding hydrogens is 300 g/mol. The Morgan fingerprint density at radius 3 is 2.33 bits per heavy atom. The highest BCUT2D eigenvalue weighted by atomic mass is 16.2. The van der Waals surface area contributed by atoms with Crippen molar-refractivity contribution in [2.24, 2.45) is 11.8 Å². The highest BCUT2D eigenvalue weighted by Gasteiger charge is 2.31. The normalized spacial score (nSPS) is 24.2. The zero-order valence-electron chi connectivity index (χ0n) is 15.5. The van der Waals surface area contributed by atoms with Crippen LogP contribution in [0, 0.1) is 11.8 Å². The molecule has 1 saturated carbocycles. The monoisotopic (exact) mass is 334 g/mol. The van der Waals surface area contributed by atoms with Crippen LogP contribution in [-0.4, -0.2) is 36.3 Å². The summed E-state index contributed by atoms with van der Waals surface area (Å²) in [6.07, 6.45) is 11.8. The molecular formula is C20H34N2O2. The Kier molecular flexibility index (Phi) is 7.80. The summed E-state index contributed by atoms with van der Waals surface area (Å²) in [6, 6.07) is 0. The van der Waals surface area contributed by atoms with Crippen LogP contribution >= 0.6 is 0 Å². The Morgan fingerprint density at radius 2 is 1.75 bits per heavy atom. The summed E-state index contributed by atoms with van der Waals surface area (Å²) in [5.41, 5.74) is 1.51. The summed E-state index contributed by atoms with van der Waals surface area (Å²) in [4.78, 5) is 26.7. The molecule has 24 heavy (non-hydrogen) atoms. The van der Waals surface area contributed by atoms with Crippen LogP contribution in [0.2, 0.25) is 0 Å². The third-order valence-electron chi connectivity index (χ3n) is 5.65. The van der Waals surface area contributed by atoms with E-state index >= 15 is 0 Å². The van der Waals surface area contributed by atoms with Gasteiger partial charge in [0.15, 0.2) is 0 Å². The number of carbonyl (C=O) groups excluding carboxylic acids is 2. The van der Waals surface area contributed by atoms with Gasteiger partial charge in [-0.25, -0.2) is 0 Å². The molecule has 2 aliphatic carbocycles. The highest BCUT2D eigenvalue weighted by Crippen LogP contribution is 2.30. The quantitative estimate of drug-likeness (QED) is 0.722. The Hall–Kier alpha value is -1.32. The molecule has 2 aliphatic rings.